The van der Waals surface area contributed by atoms with E-state index in [0.717, 1.165) is 0 Å². The van der Waals surface area contributed by atoms with Gasteiger partial charge in [0.25, 0.3) is 0 Å². The summed E-state index contributed by atoms with van der Waals surface area (Å²) in [5.74, 6) is 0. The Kier molecular flexibility index (Phi) is 4.51. The van der Waals surface area contributed by atoms with Crippen molar-refractivity contribution < 1.29 is 15.6 Å². The van der Waals surface area contributed by atoms with Crippen LogP contribution in [0, 0.1) is 0 Å². The van der Waals surface area contributed by atoms with Crippen molar-refractivity contribution in [3.05, 3.63) is 0 Å². The van der Waals surface area contributed by atoms with Crippen LogP contribution < -0.4 is 0 Å². The summed E-state index contributed by atoms with van der Waals surface area (Å²) in [6.07, 6.45) is -0.141. The fourth-order valence-corrected chi connectivity index (χ4v) is 3.51. The van der Waals surface area contributed by atoms with Crippen LogP contribution in [0.25, 0.3) is 0 Å². The van der Waals surface area contributed by atoms with Crippen molar-refractivity contribution in [1.29, 1.82) is 0 Å². The van der Waals surface area contributed by atoms with Gasteiger partial charge in [-0.25, -0.2) is 0 Å². The van der Waals surface area contributed by atoms with E-state index in [0.29, 0.717) is 12.8 Å². The van der Waals surface area contributed by atoms with Gasteiger partial charge in [-0.1, -0.05) is 34.6 Å². The third kappa shape index (κ3) is 3.09. The zero-order valence-electron chi connectivity index (χ0n) is 14.2. The van der Waals surface area contributed by atoms with E-state index in [1.54, 1.807) is 0 Å². The van der Waals surface area contributed by atoms with Gasteiger partial charge in [-0.2, -0.15) is 0 Å². The van der Waals surface area contributed by atoms with E-state index in [2.05, 4.69) is 33.9 Å². The minimum Gasteiger partial charge on any atom is -0.409 e. The van der Waals surface area contributed by atoms with Crippen LogP contribution in [0.3, 0.4) is 0 Å². The lowest BCUT2D eigenvalue weighted by molar-refractivity contribution is -0.0735. The SMILES string of the molecule is [2H]CC[C@]1(CC)O[C@@H]([B])[C@@H](O[Si](C)(C)C(C)(C)C)C1O. The molecule has 0 aromatic carbocycles. The summed E-state index contributed by atoms with van der Waals surface area (Å²) in [4.78, 5) is 0. The quantitative estimate of drug-likeness (QED) is 0.807. The van der Waals surface area contributed by atoms with Crippen molar-refractivity contribution in [3.8, 4) is 0 Å². The minimum atomic E-state index is -2.02. The molecule has 4 atom stereocenters. The van der Waals surface area contributed by atoms with Crippen molar-refractivity contribution in [2.24, 2.45) is 0 Å². The molecule has 19 heavy (non-hydrogen) atoms. The molecule has 1 fully saturated rings. The highest BCUT2D eigenvalue weighted by molar-refractivity contribution is 6.74. The van der Waals surface area contributed by atoms with Gasteiger partial charge in [0.2, 0.25) is 0 Å². The predicted molar refractivity (Wildman–Crippen MR) is 82.0 cm³/mol. The Morgan fingerprint density at radius 1 is 1.42 bits per heavy atom. The van der Waals surface area contributed by atoms with Gasteiger partial charge in [0.15, 0.2) is 8.32 Å². The highest BCUT2D eigenvalue weighted by atomic mass is 28.4. The van der Waals surface area contributed by atoms with E-state index in [1.807, 2.05) is 6.92 Å². The fraction of sp³-hybridized carbons (Fsp3) is 1.00. The summed E-state index contributed by atoms with van der Waals surface area (Å²) in [6, 6.07) is -0.620. The summed E-state index contributed by atoms with van der Waals surface area (Å²) in [5, 5.41) is 10.7. The zero-order chi connectivity index (χ0) is 15.8. The number of rotatable bonds is 4. The zero-order valence-corrected chi connectivity index (χ0v) is 14.2. The smallest absolute Gasteiger partial charge is 0.192 e. The number of hydrogen-bond donors (Lipinski definition) is 1. The first kappa shape index (κ1) is 15.5. The summed E-state index contributed by atoms with van der Waals surface area (Å²) in [6.45, 7) is 12.9. The molecule has 0 spiro atoms. The van der Waals surface area contributed by atoms with E-state index in [9.17, 15) is 5.11 Å². The topological polar surface area (TPSA) is 38.7 Å². The molecule has 0 aromatic rings. The fourth-order valence-electron chi connectivity index (χ4n) is 2.21. The van der Waals surface area contributed by atoms with Crippen molar-refractivity contribution in [2.75, 3.05) is 0 Å². The third-order valence-electron chi connectivity index (χ3n) is 4.80. The Balaban J connectivity index is 2.92. The van der Waals surface area contributed by atoms with Gasteiger partial charge in [0.1, 0.15) is 14.0 Å². The van der Waals surface area contributed by atoms with Crippen LogP contribution in [-0.4, -0.2) is 45.1 Å². The second kappa shape index (κ2) is 5.51. The molecule has 0 amide bonds. The van der Waals surface area contributed by atoms with Crippen LogP contribution in [0.15, 0.2) is 0 Å². The van der Waals surface area contributed by atoms with Crippen molar-refractivity contribution in [1.82, 2.24) is 0 Å². The van der Waals surface area contributed by atoms with Gasteiger partial charge >= 0.3 is 0 Å². The van der Waals surface area contributed by atoms with Crippen LogP contribution in [-0.2, 0) is 9.16 Å². The van der Waals surface area contributed by atoms with Crippen molar-refractivity contribution in [2.45, 2.75) is 89.4 Å². The molecule has 1 rings (SSSR count). The van der Waals surface area contributed by atoms with Crippen LogP contribution in [0.5, 0.6) is 0 Å². The molecular formula is C14H29BO3Si. The van der Waals surface area contributed by atoms with Gasteiger partial charge in [0.05, 0.1) is 11.7 Å². The minimum absolute atomic E-state index is 0.0549. The van der Waals surface area contributed by atoms with Crippen molar-refractivity contribution in [3.63, 3.8) is 0 Å². The standard InChI is InChI=1S/C14H29BO3Si/c1-8-14(9-2)11(16)10(12(15)17-14)18-19(6,7)13(3,4)5/h10-12,16H,8-9H2,1-7H3/t10-,11?,12+/m0/s1/i1D/t10-,11?,12+,14+. The van der Waals surface area contributed by atoms with E-state index >= 15 is 0 Å². The van der Waals surface area contributed by atoms with Crippen molar-refractivity contribution >= 4 is 16.2 Å². The Morgan fingerprint density at radius 3 is 2.42 bits per heavy atom. The molecule has 1 aliphatic rings. The molecule has 1 aliphatic heterocycles. The second-order valence-electron chi connectivity index (χ2n) is 7.04. The summed E-state index contributed by atoms with van der Waals surface area (Å²) < 4.78 is 19.5. The van der Waals surface area contributed by atoms with E-state index in [4.69, 9.17) is 18.4 Å². The Hall–Kier alpha value is 0.162. The third-order valence-corrected chi connectivity index (χ3v) is 9.28. The molecule has 2 radical (unpaired) electrons. The first-order chi connectivity index (χ1) is 9.00. The first-order valence-corrected chi connectivity index (χ1v) is 10.00. The molecule has 1 N–H and O–H groups in total. The van der Waals surface area contributed by atoms with Crippen LogP contribution in [0.4, 0.5) is 0 Å². The molecule has 0 aliphatic carbocycles. The van der Waals surface area contributed by atoms with E-state index in [1.165, 1.54) is 0 Å². The molecule has 3 nitrogen and oxygen atoms in total. The lowest BCUT2D eigenvalue weighted by Crippen LogP contribution is -2.51. The average molecular weight is 285 g/mol. The second-order valence-corrected chi connectivity index (χ2v) is 11.8. The lowest BCUT2D eigenvalue weighted by Gasteiger charge is -2.40. The normalized spacial score (nSPS) is 37.4. The van der Waals surface area contributed by atoms with Gasteiger partial charge in [-0.15, -0.1) is 0 Å². The highest BCUT2D eigenvalue weighted by Crippen LogP contribution is 2.42. The Morgan fingerprint density at radius 2 is 2.00 bits per heavy atom. The van der Waals surface area contributed by atoms with E-state index in [-0.39, 0.29) is 11.9 Å². The molecule has 1 saturated heterocycles. The highest BCUT2D eigenvalue weighted by Gasteiger charge is 2.53. The first-order valence-electron chi connectivity index (χ1n) is 7.80. The van der Waals surface area contributed by atoms with Gasteiger partial charge in [-0.3, -0.25) is 0 Å². The van der Waals surface area contributed by atoms with Gasteiger partial charge in [-0.05, 0) is 31.0 Å². The monoisotopic (exact) mass is 285 g/mol. The molecule has 5 heteroatoms. The maximum absolute atomic E-state index is 10.6. The largest absolute Gasteiger partial charge is 0.409 e. The van der Waals surface area contributed by atoms with Crippen LogP contribution in [0.2, 0.25) is 18.1 Å². The predicted octanol–water partition coefficient (Wildman–Crippen LogP) is 2.82. The summed E-state index contributed by atoms with van der Waals surface area (Å²) >= 11 is 0. The summed E-state index contributed by atoms with van der Waals surface area (Å²) in [5.41, 5.74) is -0.728. The maximum Gasteiger partial charge on any atom is 0.192 e. The Labute approximate surface area is 122 Å². The molecule has 1 unspecified atom stereocenters. The lowest BCUT2D eigenvalue weighted by atomic mass is 9.86. The van der Waals surface area contributed by atoms with Gasteiger partial charge in [0, 0.05) is 7.37 Å². The number of aliphatic hydroxyl groups excluding tert-OH is 1. The van der Waals surface area contributed by atoms with E-state index < -0.39 is 32.1 Å². The van der Waals surface area contributed by atoms with Crippen LogP contribution >= 0.6 is 0 Å². The van der Waals surface area contributed by atoms with Crippen LogP contribution in [0.1, 0.15) is 48.8 Å². The molecule has 110 valence electrons. The molecule has 0 bridgehead atoms. The molecule has 0 saturated carbocycles. The van der Waals surface area contributed by atoms with Gasteiger partial charge < -0.3 is 14.3 Å². The summed E-state index contributed by atoms with van der Waals surface area (Å²) in [7, 11) is 4.04. The average Bonchev–Trinajstić information content (AvgIpc) is 2.53. The number of ether oxygens (including phenoxy) is 1. The molecule has 0 aromatic heterocycles. The maximum atomic E-state index is 10.6. The Bertz CT molecular complexity index is 335. The number of hydrogen-bond acceptors (Lipinski definition) is 3. The molecule has 1 heterocycles. The molecular weight excluding hydrogens is 255 g/mol. The number of aliphatic hydroxyl groups is 1.